The van der Waals surface area contributed by atoms with Gasteiger partial charge in [-0.05, 0) is 24.3 Å². The lowest BCUT2D eigenvalue weighted by molar-refractivity contribution is -0.143. The van der Waals surface area contributed by atoms with Crippen molar-refractivity contribution in [1.29, 1.82) is 0 Å². The molecule has 0 spiro atoms. The van der Waals surface area contributed by atoms with E-state index < -0.39 is 12.0 Å². The summed E-state index contributed by atoms with van der Waals surface area (Å²) in [6.45, 7) is 2.75. The van der Waals surface area contributed by atoms with Gasteiger partial charge in [-0.3, -0.25) is 9.69 Å². The van der Waals surface area contributed by atoms with Gasteiger partial charge in [0.2, 0.25) is 0 Å². The van der Waals surface area contributed by atoms with Gasteiger partial charge in [-0.2, -0.15) is 0 Å². The Morgan fingerprint density at radius 1 is 1.04 bits per heavy atom. The van der Waals surface area contributed by atoms with Crippen molar-refractivity contribution < 1.29 is 9.90 Å². The number of aliphatic carboxylic acids is 1. The number of aromatic nitrogens is 1. The van der Waals surface area contributed by atoms with Crippen LogP contribution in [0.2, 0.25) is 10.0 Å². The number of nitrogens with one attached hydrogen (secondary N) is 1. The third-order valence-corrected chi connectivity index (χ3v) is 5.84. The summed E-state index contributed by atoms with van der Waals surface area (Å²) in [5.74, 6) is -0.831. The quantitative estimate of drug-likeness (QED) is 0.676. The number of fused-ring (bicyclic) bond motifs is 1. The van der Waals surface area contributed by atoms with Gasteiger partial charge in [0.15, 0.2) is 0 Å². The van der Waals surface area contributed by atoms with E-state index in [0.29, 0.717) is 23.1 Å². The Balaban J connectivity index is 1.54. The summed E-state index contributed by atoms with van der Waals surface area (Å²) < 4.78 is 0. The van der Waals surface area contributed by atoms with Gasteiger partial charge in [-0.25, -0.2) is 0 Å². The summed E-state index contributed by atoms with van der Waals surface area (Å²) in [7, 11) is 0. The maximum absolute atomic E-state index is 12.1. The van der Waals surface area contributed by atoms with E-state index in [1.807, 2.05) is 47.5 Å². The average Bonchev–Trinajstić information content (AvgIpc) is 3.08. The highest BCUT2D eigenvalue weighted by Crippen LogP contribution is 2.31. The molecule has 4 rings (SSSR count). The molecule has 0 bridgehead atoms. The molecule has 5 nitrogen and oxygen atoms in total. The van der Waals surface area contributed by atoms with Crippen molar-refractivity contribution in [2.45, 2.75) is 6.04 Å². The SMILES string of the molecule is O=C(O)[C@H](c1c[nH]c2ccccc12)N1CCN(c2ccc(Cl)c(Cl)c2)CC1. The van der Waals surface area contributed by atoms with Gasteiger partial charge in [0.1, 0.15) is 6.04 Å². The minimum absolute atomic E-state index is 0.527. The Morgan fingerprint density at radius 3 is 2.48 bits per heavy atom. The number of para-hydroxylation sites is 1. The van der Waals surface area contributed by atoms with Crippen molar-refractivity contribution in [2.24, 2.45) is 0 Å². The summed E-state index contributed by atoms with van der Waals surface area (Å²) in [6, 6.07) is 12.7. The number of halogens is 2. The summed E-state index contributed by atoms with van der Waals surface area (Å²) in [5, 5.41) is 11.9. The maximum Gasteiger partial charge on any atom is 0.325 e. The third-order valence-electron chi connectivity index (χ3n) is 5.10. The minimum Gasteiger partial charge on any atom is -0.480 e. The van der Waals surface area contributed by atoms with Crippen LogP contribution in [0.5, 0.6) is 0 Å². The highest BCUT2D eigenvalue weighted by molar-refractivity contribution is 6.42. The number of carboxylic acid groups (broad SMARTS) is 1. The molecule has 1 aliphatic rings. The molecular formula is C20H19Cl2N3O2. The highest BCUT2D eigenvalue weighted by Gasteiger charge is 2.32. The number of benzene rings is 2. The molecule has 0 saturated carbocycles. The van der Waals surface area contributed by atoms with Crippen LogP contribution in [-0.2, 0) is 4.79 Å². The molecule has 27 heavy (non-hydrogen) atoms. The second-order valence-corrected chi connectivity index (χ2v) is 7.47. The molecule has 3 aromatic rings. The standard InChI is InChI=1S/C20H19Cl2N3O2/c21-16-6-5-13(11-17(16)22)24-7-9-25(10-8-24)19(20(26)27)15-12-23-18-4-2-1-3-14(15)18/h1-6,11-12,19,23H,7-10H2,(H,26,27)/t19-/m0/s1. The molecule has 140 valence electrons. The van der Waals surface area contributed by atoms with E-state index in [4.69, 9.17) is 23.2 Å². The number of aromatic amines is 1. The molecule has 0 aliphatic carbocycles. The third kappa shape index (κ3) is 3.50. The van der Waals surface area contributed by atoms with Gasteiger partial charge in [0.25, 0.3) is 0 Å². The molecule has 2 N–H and O–H groups in total. The van der Waals surface area contributed by atoms with Crippen LogP contribution < -0.4 is 4.90 Å². The molecule has 0 amide bonds. The first kappa shape index (κ1) is 18.2. The van der Waals surface area contributed by atoms with Crippen LogP contribution in [0.3, 0.4) is 0 Å². The second-order valence-electron chi connectivity index (χ2n) is 6.65. The lowest BCUT2D eigenvalue weighted by Crippen LogP contribution is -2.49. The monoisotopic (exact) mass is 403 g/mol. The van der Waals surface area contributed by atoms with E-state index in [1.54, 1.807) is 6.07 Å². The highest BCUT2D eigenvalue weighted by atomic mass is 35.5. The number of anilines is 1. The molecule has 1 atom stereocenters. The van der Waals surface area contributed by atoms with E-state index in [-0.39, 0.29) is 0 Å². The molecule has 0 unspecified atom stereocenters. The van der Waals surface area contributed by atoms with Crippen LogP contribution in [0.4, 0.5) is 5.69 Å². The number of piperazine rings is 1. The van der Waals surface area contributed by atoms with Gasteiger partial charge >= 0.3 is 5.97 Å². The largest absolute Gasteiger partial charge is 0.480 e. The smallest absolute Gasteiger partial charge is 0.325 e. The molecule has 1 fully saturated rings. The van der Waals surface area contributed by atoms with Crippen molar-refractivity contribution in [3.8, 4) is 0 Å². The van der Waals surface area contributed by atoms with Gasteiger partial charge in [0, 0.05) is 54.5 Å². The van der Waals surface area contributed by atoms with Gasteiger partial charge in [0.05, 0.1) is 10.0 Å². The molecule has 7 heteroatoms. The Hall–Kier alpha value is -2.21. The topological polar surface area (TPSA) is 59.6 Å². The lowest BCUT2D eigenvalue weighted by Gasteiger charge is -2.38. The normalized spacial score (nSPS) is 16.6. The van der Waals surface area contributed by atoms with Crippen LogP contribution >= 0.6 is 23.2 Å². The van der Waals surface area contributed by atoms with Gasteiger partial charge in [-0.15, -0.1) is 0 Å². The Kier molecular flexibility index (Phi) is 5.00. The first-order chi connectivity index (χ1) is 13.0. The molecular weight excluding hydrogens is 385 g/mol. The number of carbonyl (C=O) groups is 1. The van der Waals surface area contributed by atoms with E-state index in [2.05, 4.69) is 9.88 Å². The van der Waals surface area contributed by atoms with Crippen molar-refractivity contribution in [2.75, 3.05) is 31.1 Å². The van der Waals surface area contributed by atoms with Crippen LogP contribution in [0.1, 0.15) is 11.6 Å². The van der Waals surface area contributed by atoms with Gasteiger partial charge in [-0.1, -0.05) is 41.4 Å². The maximum atomic E-state index is 12.1. The first-order valence-corrected chi connectivity index (χ1v) is 9.53. The predicted octanol–water partition coefficient (Wildman–Crippen LogP) is 4.42. The number of nitrogens with zero attached hydrogens (tertiary/aromatic N) is 2. The number of hydrogen-bond donors (Lipinski definition) is 2. The zero-order valence-corrected chi connectivity index (χ0v) is 16.0. The van der Waals surface area contributed by atoms with Crippen LogP contribution in [-0.4, -0.2) is 47.1 Å². The van der Waals surface area contributed by atoms with Crippen LogP contribution in [0, 0.1) is 0 Å². The Labute approximate surface area is 167 Å². The van der Waals surface area contributed by atoms with E-state index in [0.717, 1.165) is 35.2 Å². The lowest BCUT2D eigenvalue weighted by atomic mass is 10.0. The number of rotatable bonds is 4. The minimum atomic E-state index is -0.831. The molecule has 1 saturated heterocycles. The second kappa shape index (κ2) is 7.43. The summed E-state index contributed by atoms with van der Waals surface area (Å²) in [5.41, 5.74) is 2.76. The van der Waals surface area contributed by atoms with Crippen molar-refractivity contribution in [3.63, 3.8) is 0 Å². The summed E-state index contributed by atoms with van der Waals surface area (Å²) in [4.78, 5) is 19.5. The van der Waals surface area contributed by atoms with E-state index in [9.17, 15) is 9.90 Å². The number of H-pyrrole nitrogens is 1. The zero-order valence-electron chi connectivity index (χ0n) is 14.5. The summed E-state index contributed by atoms with van der Waals surface area (Å²) >= 11 is 12.1. The molecule has 2 aromatic carbocycles. The fourth-order valence-corrected chi connectivity index (χ4v) is 4.02. The van der Waals surface area contributed by atoms with Crippen molar-refractivity contribution >= 4 is 45.8 Å². The molecule has 0 radical (unpaired) electrons. The van der Waals surface area contributed by atoms with Crippen molar-refractivity contribution in [3.05, 3.63) is 64.3 Å². The van der Waals surface area contributed by atoms with E-state index in [1.165, 1.54) is 0 Å². The fraction of sp³-hybridized carbons (Fsp3) is 0.250. The first-order valence-electron chi connectivity index (χ1n) is 8.77. The number of hydrogen-bond acceptors (Lipinski definition) is 3. The molecule has 2 heterocycles. The van der Waals surface area contributed by atoms with Crippen LogP contribution in [0.15, 0.2) is 48.7 Å². The molecule has 1 aromatic heterocycles. The van der Waals surface area contributed by atoms with Crippen molar-refractivity contribution in [1.82, 2.24) is 9.88 Å². The Bertz CT molecular complexity index is 980. The molecule has 1 aliphatic heterocycles. The Morgan fingerprint density at radius 2 is 1.78 bits per heavy atom. The summed E-state index contributed by atoms with van der Waals surface area (Å²) in [6.07, 6.45) is 1.81. The van der Waals surface area contributed by atoms with E-state index >= 15 is 0 Å². The number of carboxylic acids is 1. The average molecular weight is 404 g/mol. The zero-order chi connectivity index (χ0) is 19.0. The fourth-order valence-electron chi connectivity index (χ4n) is 3.73. The van der Waals surface area contributed by atoms with Crippen LogP contribution in [0.25, 0.3) is 10.9 Å². The van der Waals surface area contributed by atoms with Gasteiger partial charge < -0.3 is 15.0 Å². The predicted molar refractivity (Wildman–Crippen MR) is 109 cm³/mol.